The van der Waals surface area contributed by atoms with Crippen molar-refractivity contribution in [1.29, 1.82) is 0 Å². The fourth-order valence-electron chi connectivity index (χ4n) is 3.69. The van der Waals surface area contributed by atoms with E-state index in [0.717, 1.165) is 22.3 Å². The van der Waals surface area contributed by atoms with Gasteiger partial charge in [0.05, 0.1) is 29.0 Å². The van der Waals surface area contributed by atoms with Crippen LogP contribution in [-0.2, 0) is 10.1 Å². The Kier molecular flexibility index (Phi) is 5.11. The Labute approximate surface area is 168 Å². The summed E-state index contributed by atoms with van der Waals surface area (Å²) in [5.41, 5.74) is 2.22. The second kappa shape index (κ2) is 7.25. The Balaban J connectivity index is 1.69. The lowest BCUT2D eigenvalue weighted by Gasteiger charge is -2.31. The number of rotatable bonds is 5. The van der Waals surface area contributed by atoms with Gasteiger partial charge >= 0.3 is 5.17 Å². The zero-order valence-electron chi connectivity index (χ0n) is 14.9. The van der Waals surface area contributed by atoms with Crippen molar-refractivity contribution in [3.63, 3.8) is 0 Å². The molecule has 0 aliphatic carbocycles. The molecule has 2 aromatic carbocycles. The Bertz CT molecular complexity index is 1010. The van der Waals surface area contributed by atoms with Crippen LogP contribution in [-0.4, -0.2) is 35.8 Å². The van der Waals surface area contributed by atoms with Crippen LogP contribution in [0.2, 0.25) is 0 Å². The van der Waals surface area contributed by atoms with Crippen molar-refractivity contribution in [2.75, 3.05) is 12.3 Å². The van der Waals surface area contributed by atoms with E-state index in [1.165, 1.54) is 10.6 Å². The average Bonchev–Trinajstić information content (AvgIpc) is 3.17. The molecule has 0 amide bonds. The molecule has 27 heavy (non-hydrogen) atoms. The fraction of sp³-hybridized carbons (Fsp3) is 0.316. The van der Waals surface area contributed by atoms with Crippen LogP contribution in [0.25, 0.3) is 0 Å². The van der Waals surface area contributed by atoms with E-state index >= 15 is 0 Å². The molecule has 0 saturated heterocycles. The van der Waals surface area contributed by atoms with Gasteiger partial charge in [-0.1, -0.05) is 36.0 Å². The first-order valence-corrected chi connectivity index (χ1v) is 12.2. The number of unbranched alkanes of at least 4 members (excludes halogenated alkanes) is 1. The highest BCUT2D eigenvalue weighted by Gasteiger charge is 2.57. The molecule has 2 unspecified atom stereocenters. The summed E-state index contributed by atoms with van der Waals surface area (Å²) in [5, 5.41) is 1.28. The van der Waals surface area contributed by atoms with Gasteiger partial charge in [0.1, 0.15) is 9.89 Å². The van der Waals surface area contributed by atoms with Crippen LogP contribution in [0.3, 0.4) is 0 Å². The third-order valence-corrected chi connectivity index (χ3v) is 8.27. The van der Waals surface area contributed by atoms with E-state index in [1.54, 1.807) is 11.8 Å². The molecule has 2 heterocycles. The Morgan fingerprint density at radius 3 is 2.52 bits per heavy atom. The van der Waals surface area contributed by atoms with Crippen molar-refractivity contribution in [1.82, 2.24) is 9.48 Å². The summed E-state index contributed by atoms with van der Waals surface area (Å²) in [5.74, 6) is -0.198. The van der Waals surface area contributed by atoms with Gasteiger partial charge in [-0.3, -0.25) is 4.55 Å². The summed E-state index contributed by atoms with van der Waals surface area (Å²) < 4.78 is 31.9. The zero-order chi connectivity index (χ0) is 19.1. The van der Waals surface area contributed by atoms with Crippen molar-refractivity contribution in [2.24, 2.45) is 0 Å². The molecule has 5 nitrogen and oxygen atoms in total. The molecular formula is C19H21N2O3S3+2. The quantitative estimate of drug-likeness (QED) is 0.444. The maximum Gasteiger partial charge on any atom is 0.483 e. The van der Waals surface area contributed by atoms with Crippen LogP contribution in [0.1, 0.15) is 19.8 Å². The number of hydrogen-bond acceptors (Lipinski definition) is 5. The molecule has 141 valence electrons. The highest BCUT2D eigenvalue weighted by Crippen LogP contribution is 2.52. The van der Waals surface area contributed by atoms with Gasteiger partial charge in [0.2, 0.25) is 0 Å². The predicted molar refractivity (Wildman–Crippen MR) is 113 cm³/mol. The topological polar surface area (TPSA) is 68.5 Å². The summed E-state index contributed by atoms with van der Waals surface area (Å²) in [4.78, 5) is 7.36. The number of fused-ring (bicyclic) bond motifs is 2. The van der Waals surface area contributed by atoms with E-state index in [-0.39, 0.29) is 11.1 Å². The molecule has 0 spiro atoms. The smallest absolute Gasteiger partial charge is 0.286 e. The van der Waals surface area contributed by atoms with Crippen molar-refractivity contribution < 1.29 is 13.0 Å². The number of quaternary nitrogens is 1. The van der Waals surface area contributed by atoms with E-state index in [1.807, 2.05) is 30.0 Å². The molecule has 0 bridgehead atoms. The standard InChI is InChI=1S/C19H20N2O3S3/c1-14-21(12-6-7-13-27(22,23)24,16-9-3-5-11-18(16)25-14)19-20-15-8-2-4-10-17(15)26-19/h2-5,8-11,14H,6-7,12-13H2,1H3/q+1/p+1. The maximum atomic E-state index is 11.1. The van der Waals surface area contributed by atoms with E-state index < -0.39 is 10.1 Å². The fourth-order valence-corrected chi connectivity index (χ4v) is 6.92. The van der Waals surface area contributed by atoms with E-state index in [9.17, 15) is 8.42 Å². The van der Waals surface area contributed by atoms with Crippen LogP contribution in [0.4, 0.5) is 11.4 Å². The number of thioether (sulfide) groups is 2. The molecule has 2 aromatic rings. The number of aliphatic imine (C=N–C) groups is 1. The van der Waals surface area contributed by atoms with Crippen LogP contribution in [0.5, 0.6) is 0 Å². The number of nitrogens with zero attached hydrogens (tertiary/aromatic N) is 2. The summed E-state index contributed by atoms with van der Waals surface area (Å²) in [6.07, 6.45) is 1.12. The van der Waals surface area contributed by atoms with Crippen molar-refractivity contribution in [3.05, 3.63) is 48.5 Å². The van der Waals surface area contributed by atoms with Gasteiger partial charge in [-0.05, 0) is 31.9 Å². The Morgan fingerprint density at radius 2 is 1.78 bits per heavy atom. The minimum atomic E-state index is -3.92. The van der Waals surface area contributed by atoms with Crippen LogP contribution < -0.4 is 9.48 Å². The van der Waals surface area contributed by atoms with E-state index in [4.69, 9.17) is 9.55 Å². The molecule has 1 N–H and O–H groups in total. The van der Waals surface area contributed by atoms with E-state index in [0.29, 0.717) is 17.3 Å². The first-order valence-electron chi connectivity index (χ1n) is 8.85. The highest BCUT2D eigenvalue weighted by molar-refractivity contribution is 8.14. The van der Waals surface area contributed by atoms with Gasteiger partial charge in [-0.2, -0.15) is 12.9 Å². The number of para-hydroxylation sites is 2. The largest absolute Gasteiger partial charge is 0.483 e. The predicted octanol–water partition coefficient (Wildman–Crippen LogP) is 4.24. The van der Waals surface area contributed by atoms with Crippen molar-refractivity contribution >= 4 is 50.2 Å². The number of amidine groups is 1. The monoisotopic (exact) mass is 421 g/mol. The van der Waals surface area contributed by atoms with Gasteiger partial charge < -0.3 is 0 Å². The number of hydrogen-bond donors (Lipinski definition) is 1. The van der Waals surface area contributed by atoms with Crippen LogP contribution in [0.15, 0.2) is 58.3 Å². The highest BCUT2D eigenvalue weighted by atomic mass is 32.2. The normalized spacial score (nSPS) is 23.8. The Morgan fingerprint density at radius 1 is 1.07 bits per heavy atom. The minimum absolute atomic E-state index is 0.198. The molecule has 8 heteroatoms. The Hall–Kier alpha value is -1.32. The van der Waals surface area contributed by atoms with Gasteiger partial charge in [0, 0.05) is 12.1 Å². The molecule has 2 aliphatic rings. The lowest BCUT2D eigenvalue weighted by molar-refractivity contribution is 0.402. The summed E-state index contributed by atoms with van der Waals surface area (Å²) in [6.45, 7) is 2.96. The molecule has 2 aliphatic heterocycles. The number of benzene rings is 2. The maximum absolute atomic E-state index is 11.1. The van der Waals surface area contributed by atoms with Gasteiger partial charge in [0.25, 0.3) is 15.8 Å². The zero-order valence-corrected chi connectivity index (χ0v) is 17.4. The average molecular weight is 422 g/mol. The van der Waals surface area contributed by atoms with Crippen molar-refractivity contribution in [3.8, 4) is 0 Å². The molecule has 0 aromatic heterocycles. The molecular weight excluding hydrogens is 400 g/mol. The second-order valence-electron chi connectivity index (χ2n) is 6.73. The van der Waals surface area contributed by atoms with E-state index in [2.05, 4.69) is 37.3 Å². The lowest BCUT2D eigenvalue weighted by Crippen LogP contribution is -2.56. The first kappa shape index (κ1) is 19.0. The third kappa shape index (κ3) is 3.56. The first-order chi connectivity index (χ1) is 12.9. The molecule has 4 rings (SSSR count). The lowest BCUT2D eigenvalue weighted by atomic mass is 10.2. The van der Waals surface area contributed by atoms with Crippen LogP contribution in [0, 0.1) is 0 Å². The second-order valence-corrected chi connectivity index (χ2v) is 10.7. The molecule has 2 atom stereocenters. The van der Waals surface area contributed by atoms with Crippen LogP contribution >= 0.6 is 23.5 Å². The summed E-state index contributed by atoms with van der Waals surface area (Å²) >= 11 is 3.54. The van der Waals surface area contributed by atoms with Gasteiger partial charge in [-0.25, -0.2) is 0 Å². The summed E-state index contributed by atoms with van der Waals surface area (Å²) in [7, 11) is -3.92. The SMILES string of the molecule is CC1Sc2ccccc2[N+]1(CCCCS(=O)(=O)O)C1=[N+]c2ccccc2S1. The third-order valence-electron chi connectivity index (χ3n) is 5.00. The van der Waals surface area contributed by atoms with Crippen molar-refractivity contribution in [2.45, 2.75) is 34.9 Å². The van der Waals surface area contributed by atoms with Gasteiger partial charge in [0.15, 0.2) is 11.1 Å². The molecule has 0 fully saturated rings. The molecule has 0 saturated carbocycles. The summed E-state index contributed by atoms with van der Waals surface area (Å²) in [6, 6.07) is 16.5. The molecule has 1 radical (unpaired) electrons. The minimum Gasteiger partial charge on any atom is -0.286 e. The van der Waals surface area contributed by atoms with Gasteiger partial charge in [-0.15, -0.1) is 0 Å².